The quantitative estimate of drug-likeness (QED) is 0.602. The average molecular weight is 378 g/mol. The molecule has 2 aromatic rings. The van der Waals surface area contributed by atoms with E-state index in [1.54, 1.807) is 11.9 Å². The van der Waals surface area contributed by atoms with Gasteiger partial charge in [-0.15, -0.1) is 0 Å². The van der Waals surface area contributed by atoms with E-state index >= 15 is 0 Å². The van der Waals surface area contributed by atoms with Crippen LogP contribution in [-0.4, -0.2) is 30.7 Å². The number of aromatic nitrogens is 1. The van der Waals surface area contributed by atoms with Gasteiger partial charge < -0.3 is 9.21 Å². The van der Waals surface area contributed by atoms with E-state index in [1.165, 1.54) is 0 Å². The maximum Gasteiger partial charge on any atom is 0.260 e. The van der Waals surface area contributed by atoms with Gasteiger partial charge in [0.15, 0.2) is 0 Å². The maximum atomic E-state index is 13.0. The van der Waals surface area contributed by atoms with Crippen LogP contribution in [0.1, 0.15) is 16.1 Å². The lowest BCUT2D eigenvalue weighted by atomic mass is 10.1. The van der Waals surface area contributed by atoms with Crippen LogP contribution in [0.2, 0.25) is 0 Å². The van der Waals surface area contributed by atoms with Crippen LogP contribution in [0.5, 0.6) is 0 Å². The Kier molecular flexibility index (Phi) is 4.40. The number of rotatable bonds is 3. The van der Waals surface area contributed by atoms with Gasteiger partial charge in [-0.05, 0) is 40.2 Å². The molecule has 0 spiro atoms. The molecule has 0 aliphatic carbocycles. The molecule has 6 heteroatoms. The Bertz CT molecular complexity index is 722. The van der Waals surface area contributed by atoms with Crippen molar-refractivity contribution < 1.29 is 4.79 Å². The number of hydrogen-bond donors (Lipinski definition) is 0. The molecule has 1 aliphatic rings. The molecule has 3 rings (SSSR count). The Morgan fingerprint density at radius 2 is 2.09 bits per heavy atom. The van der Waals surface area contributed by atoms with Crippen molar-refractivity contribution in [2.75, 3.05) is 29.1 Å². The molecule has 114 valence electrons. The van der Waals surface area contributed by atoms with E-state index in [2.05, 4.69) is 20.9 Å². The second-order valence-electron chi connectivity index (χ2n) is 5.00. The van der Waals surface area contributed by atoms with Crippen molar-refractivity contribution in [3.05, 3.63) is 52.3 Å². The number of benzene rings is 1. The third-order valence-corrected chi connectivity index (χ3v) is 4.96. The summed E-state index contributed by atoms with van der Waals surface area (Å²) in [5.74, 6) is 0.0272. The SMILES string of the molecule is CSN(C)c1ccccc1C(=O)N1CCc2nc(Br)ccc21. The van der Waals surface area contributed by atoms with Crippen LogP contribution in [0.4, 0.5) is 11.4 Å². The lowest BCUT2D eigenvalue weighted by molar-refractivity contribution is 0.0990. The van der Waals surface area contributed by atoms with Gasteiger partial charge in [-0.2, -0.15) is 0 Å². The molecule has 1 aromatic heterocycles. The van der Waals surface area contributed by atoms with Gasteiger partial charge in [0.25, 0.3) is 5.91 Å². The molecule has 0 saturated heterocycles. The molecule has 1 aromatic carbocycles. The molecule has 0 unspecified atom stereocenters. The van der Waals surface area contributed by atoms with Crippen LogP contribution in [0, 0.1) is 0 Å². The molecule has 1 amide bonds. The van der Waals surface area contributed by atoms with Gasteiger partial charge in [-0.25, -0.2) is 4.98 Å². The maximum absolute atomic E-state index is 13.0. The summed E-state index contributed by atoms with van der Waals surface area (Å²) in [5, 5.41) is 0. The lowest BCUT2D eigenvalue weighted by Crippen LogP contribution is -2.30. The number of fused-ring (bicyclic) bond motifs is 1. The number of halogens is 1. The van der Waals surface area contributed by atoms with Crippen molar-refractivity contribution >= 4 is 45.2 Å². The van der Waals surface area contributed by atoms with E-state index in [1.807, 2.05) is 58.9 Å². The highest BCUT2D eigenvalue weighted by atomic mass is 79.9. The first-order chi connectivity index (χ1) is 10.6. The largest absolute Gasteiger partial charge is 0.319 e. The van der Waals surface area contributed by atoms with Crippen molar-refractivity contribution in [2.24, 2.45) is 0 Å². The minimum atomic E-state index is 0.0272. The zero-order valence-electron chi connectivity index (χ0n) is 12.4. The number of amides is 1. The lowest BCUT2D eigenvalue weighted by Gasteiger charge is -2.22. The van der Waals surface area contributed by atoms with E-state index in [-0.39, 0.29) is 5.91 Å². The fraction of sp³-hybridized carbons (Fsp3) is 0.250. The Morgan fingerprint density at radius 3 is 2.86 bits per heavy atom. The van der Waals surface area contributed by atoms with Gasteiger partial charge in [-0.3, -0.25) is 4.79 Å². The Labute approximate surface area is 142 Å². The molecule has 0 N–H and O–H groups in total. The second-order valence-corrected chi connectivity index (χ2v) is 6.73. The van der Waals surface area contributed by atoms with Crippen molar-refractivity contribution in [3.8, 4) is 0 Å². The summed E-state index contributed by atoms with van der Waals surface area (Å²) in [6.45, 7) is 0.676. The standard InChI is InChI=1S/C16H16BrN3OS/c1-19(22-2)13-6-4-3-5-11(13)16(21)20-10-9-12-14(20)7-8-15(17)18-12/h3-8H,9-10H2,1-2H3. The van der Waals surface area contributed by atoms with Crippen molar-refractivity contribution in [1.82, 2.24) is 4.98 Å². The summed E-state index contributed by atoms with van der Waals surface area (Å²) in [7, 11) is 1.97. The number of para-hydroxylation sites is 1. The van der Waals surface area contributed by atoms with Crippen LogP contribution < -0.4 is 9.21 Å². The molecule has 0 radical (unpaired) electrons. The summed E-state index contributed by atoms with van der Waals surface area (Å²) in [5.41, 5.74) is 3.53. The van der Waals surface area contributed by atoms with Gasteiger partial charge in [0.05, 0.1) is 22.6 Å². The fourth-order valence-corrected chi connectivity index (χ4v) is 3.32. The smallest absolute Gasteiger partial charge is 0.260 e. The predicted molar refractivity (Wildman–Crippen MR) is 95.7 cm³/mol. The van der Waals surface area contributed by atoms with Crippen LogP contribution in [0.15, 0.2) is 41.0 Å². The number of pyridine rings is 1. The zero-order chi connectivity index (χ0) is 15.7. The average Bonchev–Trinajstić information content (AvgIpc) is 2.96. The first-order valence-corrected chi connectivity index (χ1v) is 8.93. The summed E-state index contributed by atoms with van der Waals surface area (Å²) in [6, 6.07) is 11.6. The Hall–Kier alpha value is -1.53. The Balaban J connectivity index is 1.97. The third kappa shape index (κ3) is 2.73. The second kappa shape index (κ2) is 6.30. The number of carbonyl (C=O) groups is 1. The van der Waals surface area contributed by atoms with E-state index in [0.29, 0.717) is 6.54 Å². The van der Waals surface area contributed by atoms with Crippen molar-refractivity contribution in [1.29, 1.82) is 0 Å². The van der Waals surface area contributed by atoms with Crippen LogP contribution in [0.25, 0.3) is 0 Å². The highest BCUT2D eigenvalue weighted by Crippen LogP contribution is 2.32. The van der Waals surface area contributed by atoms with Gasteiger partial charge >= 0.3 is 0 Å². The normalized spacial score (nSPS) is 13.1. The number of hydrogen-bond acceptors (Lipinski definition) is 4. The Morgan fingerprint density at radius 1 is 1.32 bits per heavy atom. The van der Waals surface area contributed by atoms with Crippen molar-refractivity contribution in [3.63, 3.8) is 0 Å². The topological polar surface area (TPSA) is 36.4 Å². The van der Waals surface area contributed by atoms with Crippen molar-refractivity contribution in [2.45, 2.75) is 6.42 Å². The van der Waals surface area contributed by atoms with E-state index in [9.17, 15) is 4.79 Å². The molecular formula is C16H16BrN3OS. The summed E-state index contributed by atoms with van der Waals surface area (Å²) in [6.07, 6.45) is 2.79. The van der Waals surface area contributed by atoms with E-state index in [0.717, 1.165) is 33.7 Å². The number of carbonyl (C=O) groups excluding carboxylic acids is 1. The van der Waals surface area contributed by atoms with Gasteiger partial charge in [-0.1, -0.05) is 24.1 Å². The number of anilines is 2. The molecule has 0 fully saturated rings. The molecule has 22 heavy (non-hydrogen) atoms. The van der Waals surface area contributed by atoms with Gasteiger partial charge in [0, 0.05) is 26.3 Å². The van der Waals surface area contributed by atoms with E-state index < -0.39 is 0 Å². The highest BCUT2D eigenvalue weighted by Gasteiger charge is 2.28. The monoisotopic (exact) mass is 377 g/mol. The van der Waals surface area contributed by atoms with Crippen LogP contribution in [0.3, 0.4) is 0 Å². The minimum absolute atomic E-state index is 0.0272. The molecule has 0 atom stereocenters. The molecule has 1 aliphatic heterocycles. The van der Waals surface area contributed by atoms with Crippen LogP contribution in [-0.2, 0) is 6.42 Å². The van der Waals surface area contributed by atoms with Gasteiger partial charge in [0.1, 0.15) is 4.60 Å². The summed E-state index contributed by atoms with van der Waals surface area (Å²) in [4.78, 5) is 19.3. The number of nitrogens with zero attached hydrogens (tertiary/aromatic N) is 3. The predicted octanol–water partition coefficient (Wildman–Crippen LogP) is 3.76. The summed E-state index contributed by atoms with van der Waals surface area (Å²) < 4.78 is 2.81. The highest BCUT2D eigenvalue weighted by molar-refractivity contribution is 9.10. The molecule has 0 bridgehead atoms. The molecule has 2 heterocycles. The molecular weight excluding hydrogens is 362 g/mol. The van der Waals surface area contributed by atoms with E-state index in [4.69, 9.17) is 0 Å². The fourth-order valence-electron chi connectivity index (χ4n) is 2.62. The summed E-state index contributed by atoms with van der Waals surface area (Å²) >= 11 is 4.97. The first kappa shape index (κ1) is 15.4. The van der Waals surface area contributed by atoms with Crippen LogP contribution >= 0.6 is 27.9 Å². The molecule has 0 saturated carbocycles. The van der Waals surface area contributed by atoms with Gasteiger partial charge in [0.2, 0.25) is 0 Å². The zero-order valence-corrected chi connectivity index (χ0v) is 14.8. The third-order valence-electron chi connectivity index (χ3n) is 3.77. The minimum Gasteiger partial charge on any atom is -0.319 e. The first-order valence-electron chi connectivity index (χ1n) is 6.96. The molecule has 4 nitrogen and oxygen atoms in total.